The minimum absolute atomic E-state index is 0.0664. The number of nitrogens with two attached hydrogens (primary N) is 1. The van der Waals surface area contributed by atoms with Crippen LogP contribution in [0.1, 0.15) is 67.5 Å². The normalized spacial score (nSPS) is 27.0. The highest BCUT2D eigenvalue weighted by Crippen LogP contribution is 2.51. The third kappa shape index (κ3) is 5.11. The Morgan fingerprint density at radius 2 is 1.93 bits per heavy atom. The molecule has 1 saturated heterocycles. The topological polar surface area (TPSA) is 130 Å². The first-order chi connectivity index (χ1) is 22.1. The second kappa shape index (κ2) is 11.6. The van der Waals surface area contributed by atoms with Crippen molar-refractivity contribution in [2.75, 3.05) is 27.3 Å². The van der Waals surface area contributed by atoms with E-state index in [1.807, 2.05) is 36.7 Å². The zero-order chi connectivity index (χ0) is 32.3. The molecule has 1 aromatic carbocycles. The summed E-state index contributed by atoms with van der Waals surface area (Å²) < 4.78 is 30.7. The number of rotatable bonds is 4. The minimum atomic E-state index is -1.75. The van der Waals surface area contributed by atoms with E-state index in [4.69, 9.17) is 25.2 Å². The molecule has 0 radical (unpaired) electrons. The van der Waals surface area contributed by atoms with E-state index < -0.39 is 17.6 Å². The Bertz CT molecular complexity index is 1840. The second-order valence-corrected chi connectivity index (χ2v) is 13.2. The van der Waals surface area contributed by atoms with Crippen LogP contribution in [-0.2, 0) is 23.1 Å². The summed E-state index contributed by atoms with van der Waals surface area (Å²) in [4.78, 5) is 38.3. The maximum Gasteiger partial charge on any atom is 0.258 e. The van der Waals surface area contributed by atoms with Crippen LogP contribution in [0.4, 0.5) is 4.39 Å². The van der Waals surface area contributed by atoms with E-state index in [9.17, 15) is 9.59 Å². The highest BCUT2D eigenvalue weighted by Gasteiger charge is 2.60. The summed E-state index contributed by atoms with van der Waals surface area (Å²) in [5.41, 5.74) is 8.83. The molecule has 1 saturated carbocycles. The highest BCUT2D eigenvalue weighted by molar-refractivity contribution is 6.00. The summed E-state index contributed by atoms with van der Waals surface area (Å²) in [6, 6.07) is 8.88. The average Bonchev–Trinajstić information content (AvgIpc) is 3.42. The van der Waals surface area contributed by atoms with Gasteiger partial charge in [0.25, 0.3) is 11.8 Å². The van der Waals surface area contributed by atoms with Crippen LogP contribution in [0.15, 0.2) is 30.3 Å². The summed E-state index contributed by atoms with van der Waals surface area (Å²) in [7, 11) is 5.20. The summed E-state index contributed by atoms with van der Waals surface area (Å²) >= 11 is 0. The van der Waals surface area contributed by atoms with Crippen molar-refractivity contribution in [1.82, 2.24) is 29.3 Å². The predicted molar refractivity (Wildman–Crippen MR) is 172 cm³/mol. The van der Waals surface area contributed by atoms with Crippen molar-refractivity contribution in [2.45, 2.75) is 75.8 Å². The number of alkyl halides is 1. The summed E-state index contributed by atoms with van der Waals surface area (Å²) in [5, 5.41) is 3.81. The zero-order valence-electron chi connectivity index (χ0n) is 26.9. The van der Waals surface area contributed by atoms with Crippen molar-refractivity contribution in [2.24, 2.45) is 18.7 Å². The summed E-state index contributed by atoms with van der Waals surface area (Å²) in [6.45, 7) is 3.53. The summed E-state index contributed by atoms with van der Waals surface area (Å²) in [6.07, 6.45) is 4.27. The van der Waals surface area contributed by atoms with Gasteiger partial charge in [0.05, 0.1) is 36.2 Å². The number of ether oxygens (including phenoxy) is 2. The Hall–Kier alpha value is -4.03. The van der Waals surface area contributed by atoms with Gasteiger partial charge in [-0.1, -0.05) is 12.8 Å². The molecule has 5 heterocycles. The molecule has 244 valence electrons. The van der Waals surface area contributed by atoms with Crippen molar-refractivity contribution in [3.63, 3.8) is 0 Å². The van der Waals surface area contributed by atoms with Crippen LogP contribution in [0.25, 0.3) is 33.6 Å². The number of fused-ring (bicyclic) bond motifs is 3. The first-order valence-electron chi connectivity index (χ1n) is 16.3. The number of aryl methyl sites for hydroxylation is 2. The van der Waals surface area contributed by atoms with E-state index >= 15 is 4.39 Å². The molecule has 7 rings (SSSR count). The third-order valence-corrected chi connectivity index (χ3v) is 10.2. The van der Waals surface area contributed by atoms with Gasteiger partial charge in [0, 0.05) is 56.7 Å². The quantitative estimate of drug-likeness (QED) is 0.344. The number of aromatic nitrogens is 4. The average molecular weight is 632 g/mol. The SMILES string of the molecule is COc1cc(C(=O)N2CC[C@@H](OC)[C@@H](N)C2)cc2nc(-c3cc4ccc5nc4n3CCCCC[C@H]3C[C@]3(F)C(=O)N[C@@H]5C)n(C)c12. The van der Waals surface area contributed by atoms with Crippen molar-refractivity contribution in [3.05, 3.63) is 41.6 Å². The predicted octanol–water partition coefficient (Wildman–Crippen LogP) is 4.27. The van der Waals surface area contributed by atoms with Gasteiger partial charge in [-0.3, -0.25) is 9.59 Å². The minimum Gasteiger partial charge on any atom is -0.494 e. The largest absolute Gasteiger partial charge is 0.494 e. The number of carbonyl (C=O) groups is 2. The van der Waals surface area contributed by atoms with Gasteiger partial charge in [0.1, 0.15) is 16.9 Å². The molecule has 46 heavy (non-hydrogen) atoms. The molecular weight excluding hydrogens is 589 g/mol. The number of nitrogens with zero attached hydrogens (tertiary/aromatic N) is 5. The van der Waals surface area contributed by atoms with Gasteiger partial charge in [-0.25, -0.2) is 14.4 Å². The number of benzene rings is 1. The number of halogens is 1. The molecule has 2 aliphatic heterocycles. The molecule has 12 heteroatoms. The lowest BCUT2D eigenvalue weighted by molar-refractivity contribution is -0.128. The van der Waals surface area contributed by atoms with Crippen molar-refractivity contribution in [1.29, 1.82) is 0 Å². The monoisotopic (exact) mass is 631 g/mol. The number of imidazole rings is 1. The molecule has 0 unspecified atom stereocenters. The van der Waals surface area contributed by atoms with E-state index in [1.54, 1.807) is 25.2 Å². The lowest BCUT2D eigenvalue weighted by Crippen LogP contribution is -2.53. The van der Waals surface area contributed by atoms with E-state index in [2.05, 4.69) is 16.0 Å². The van der Waals surface area contributed by atoms with E-state index in [0.717, 1.165) is 47.3 Å². The molecule has 5 atom stereocenters. The lowest BCUT2D eigenvalue weighted by Gasteiger charge is -2.36. The molecule has 2 amide bonds. The van der Waals surface area contributed by atoms with Crippen LogP contribution in [-0.4, -0.2) is 80.9 Å². The number of nitrogens with one attached hydrogen (secondary N) is 1. The molecular formula is C34H42FN7O4. The number of piperidine rings is 1. The number of hydrogen-bond acceptors (Lipinski definition) is 7. The van der Waals surface area contributed by atoms with Gasteiger partial charge in [-0.2, -0.15) is 0 Å². The number of likely N-dealkylation sites (tertiary alicyclic amines) is 1. The van der Waals surface area contributed by atoms with Gasteiger partial charge in [-0.15, -0.1) is 0 Å². The molecule has 1 aliphatic carbocycles. The molecule has 0 spiro atoms. The Balaban J connectivity index is 1.27. The van der Waals surface area contributed by atoms with Crippen LogP contribution in [0.5, 0.6) is 5.75 Å². The van der Waals surface area contributed by atoms with Crippen LogP contribution in [0, 0.1) is 5.92 Å². The Kier molecular flexibility index (Phi) is 7.75. The zero-order valence-corrected chi connectivity index (χ0v) is 26.9. The molecule has 2 bridgehead atoms. The molecule has 2 fully saturated rings. The highest BCUT2D eigenvalue weighted by atomic mass is 19.1. The number of hydrogen-bond donors (Lipinski definition) is 2. The van der Waals surface area contributed by atoms with Gasteiger partial charge >= 0.3 is 0 Å². The van der Waals surface area contributed by atoms with Gasteiger partial charge < -0.3 is 34.6 Å². The standard InChI is InChI=1S/C34H42FN7O4/c1-19-24-10-9-20-15-26(42(30(20)38-24)12-7-5-6-8-22-17-34(22,35)33(44)37-19)31-39-25-14-21(16-28(46-4)29(25)40(31)2)32(43)41-13-11-27(45-3)23(36)18-41/h9-10,14-16,19,22-23,27H,5-8,11-13,17-18,36H2,1-4H3,(H,37,44)/t19-,22+,23+,27-,34-/m1/s1. The maximum absolute atomic E-state index is 15.2. The lowest BCUT2D eigenvalue weighted by atomic mass is 10.0. The number of pyridine rings is 1. The van der Waals surface area contributed by atoms with Gasteiger partial charge in [0.15, 0.2) is 11.5 Å². The Morgan fingerprint density at radius 3 is 2.70 bits per heavy atom. The molecule has 11 nitrogen and oxygen atoms in total. The van der Waals surface area contributed by atoms with Gasteiger partial charge in [0.2, 0.25) is 0 Å². The van der Waals surface area contributed by atoms with Crippen molar-refractivity contribution in [3.8, 4) is 17.3 Å². The first-order valence-corrected chi connectivity index (χ1v) is 16.3. The smallest absolute Gasteiger partial charge is 0.258 e. The van der Waals surface area contributed by atoms with Crippen molar-refractivity contribution >= 4 is 33.9 Å². The number of carbonyl (C=O) groups excluding carboxylic acids is 2. The maximum atomic E-state index is 15.2. The van der Waals surface area contributed by atoms with Crippen molar-refractivity contribution < 1.29 is 23.5 Å². The van der Waals surface area contributed by atoms with Crippen LogP contribution in [0.2, 0.25) is 0 Å². The fraction of sp³-hybridized carbons (Fsp3) is 0.529. The Labute approximate surface area is 267 Å². The number of methoxy groups -OCH3 is 2. The first kappa shape index (κ1) is 30.6. The van der Waals surface area contributed by atoms with E-state index in [1.165, 1.54) is 0 Å². The number of amides is 2. The molecule has 4 aromatic rings. The Morgan fingerprint density at radius 1 is 1.11 bits per heavy atom. The molecule has 3 aromatic heterocycles. The van der Waals surface area contributed by atoms with E-state index in [-0.39, 0.29) is 24.0 Å². The molecule has 3 N–H and O–H groups in total. The second-order valence-electron chi connectivity index (χ2n) is 13.2. The van der Waals surface area contributed by atoms with Gasteiger partial charge in [-0.05, 0) is 62.9 Å². The van der Waals surface area contributed by atoms with E-state index in [0.29, 0.717) is 61.4 Å². The van der Waals surface area contributed by atoms with Crippen LogP contribution < -0.4 is 15.8 Å². The fourth-order valence-electron chi connectivity index (χ4n) is 7.37. The van der Waals surface area contributed by atoms with Crippen LogP contribution >= 0.6 is 0 Å². The fourth-order valence-corrected chi connectivity index (χ4v) is 7.37. The molecule has 3 aliphatic rings. The third-order valence-electron chi connectivity index (χ3n) is 10.2. The summed E-state index contributed by atoms with van der Waals surface area (Å²) in [5.74, 6) is 0.423. The van der Waals surface area contributed by atoms with Crippen LogP contribution in [0.3, 0.4) is 0 Å².